The van der Waals surface area contributed by atoms with Crippen molar-refractivity contribution in [1.29, 1.82) is 0 Å². The molecule has 0 N–H and O–H groups in total. The molecule has 0 aliphatic rings. The second-order valence-electron chi connectivity index (χ2n) is 3.90. The van der Waals surface area contributed by atoms with E-state index >= 15 is 0 Å². The monoisotopic (exact) mass is 270 g/mol. The predicted molar refractivity (Wildman–Crippen MR) is 68.0 cm³/mol. The molecule has 1 aromatic carbocycles. The van der Waals surface area contributed by atoms with Crippen molar-refractivity contribution in [3.05, 3.63) is 35.9 Å². The molecule has 0 aliphatic heterocycles. The maximum absolute atomic E-state index is 11.5. The van der Waals surface area contributed by atoms with Crippen molar-refractivity contribution in [2.24, 2.45) is 0 Å². The summed E-state index contributed by atoms with van der Waals surface area (Å²) in [5.74, 6) is 0. The molecule has 0 amide bonds. The molecular weight excluding hydrogens is 252 g/mol. The minimum atomic E-state index is -2.58. The highest BCUT2D eigenvalue weighted by Crippen LogP contribution is 2.20. The van der Waals surface area contributed by atoms with Gasteiger partial charge in [-0.15, -0.1) is 0 Å². The molecular formula is C11H18O4Si2. The van der Waals surface area contributed by atoms with Crippen molar-refractivity contribution in [2.45, 2.75) is 32.5 Å². The summed E-state index contributed by atoms with van der Waals surface area (Å²) in [6.07, 6.45) is 0.531. The molecule has 1 unspecified atom stereocenters. The lowest BCUT2D eigenvalue weighted by Crippen LogP contribution is -2.20. The second-order valence-corrected chi connectivity index (χ2v) is 7.10. The molecule has 1 aromatic rings. The summed E-state index contributed by atoms with van der Waals surface area (Å²) < 4.78 is 26.6. The van der Waals surface area contributed by atoms with Gasteiger partial charge in [-0.1, -0.05) is 37.3 Å². The van der Waals surface area contributed by atoms with E-state index in [1.54, 1.807) is 0 Å². The molecule has 0 saturated carbocycles. The van der Waals surface area contributed by atoms with Crippen molar-refractivity contribution in [3.63, 3.8) is 0 Å². The lowest BCUT2D eigenvalue weighted by Gasteiger charge is -2.16. The van der Waals surface area contributed by atoms with Gasteiger partial charge in [0.05, 0.1) is 0 Å². The first-order valence-electron chi connectivity index (χ1n) is 5.72. The van der Waals surface area contributed by atoms with Crippen LogP contribution >= 0.6 is 0 Å². The highest BCUT2D eigenvalue weighted by atomic mass is 28.3. The first-order valence-corrected chi connectivity index (χ1v) is 9.73. The molecule has 0 bridgehead atoms. The fourth-order valence-electron chi connectivity index (χ4n) is 1.33. The van der Waals surface area contributed by atoms with Gasteiger partial charge < -0.3 is 9.00 Å². The van der Waals surface area contributed by atoms with E-state index in [0.717, 1.165) is 12.0 Å². The first-order chi connectivity index (χ1) is 8.13. The number of hydrogen-bond donors (Lipinski definition) is 0. The van der Waals surface area contributed by atoms with E-state index < -0.39 is 18.2 Å². The average Bonchev–Trinajstić information content (AvgIpc) is 2.34. The molecule has 0 aromatic heterocycles. The SMILES string of the molecule is CCC(O[Si](=O)OO[SiH](C)C)c1ccccc1. The summed E-state index contributed by atoms with van der Waals surface area (Å²) in [6.45, 7) is 5.85. The van der Waals surface area contributed by atoms with Gasteiger partial charge in [-0.3, -0.25) is 9.04 Å². The van der Waals surface area contributed by atoms with E-state index in [1.807, 2.05) is 50.3 Å². The third kappa shape index (κ3) is 5.25. The Balaban J connectivity index is 2.50. The van der Waals surface area contributed by atoms with Gasteiger partial charge in [0.15, 0.2) is 0 Å². The van der Waals surface area contributed by atoms with Gasteiger partial charge in [-0.05, 0) is 25.1 Å². The molecule has 6 heteroatoms. The van der Waals surface area contributed by atoms with Crippen LogP contribution in [0.4, 0.5) is 0 Å². The molecule has 0 fully saturated rings. The van der Waals surface area contributed by atoms with Gasteiger partial charge in [-0.25, -0.2) is 0 Å². The summed E-state index contributed by atoms with van der Waals surface area (Å²) in [4.78, 5) is 0. The zero-order valence-corrected chi connectivity index (χ0v) is 12.5. The lowest BCUT2D eigenvalue weighted by atomic mass is 10.1. The van der Waals surface area contributed by atoms with Crippen LogP contribution in [-0.2, 0) is 18.0 Å². The van der Waals surface area contributed by atoms with Crippen molar-refractivity contribution < 1.29 is 18.0 Å². The van der Waals surface area contributed by atoms with E-state index in [9.17, 15) is 4.46 Å². The van der Waals surface area contributed by atoms with E-state index in [4.69, 9.17) is 13.6 Å². The van der Waals surface area contributed by atoms with Gasteiger partial charge in [0, 0.05) is 0 Å². The van der Waals surface area contributed by atoms with Crippen molar-refractivity contribution in [1.82, 2.24) is 0 Å². The average molecular weight is 270 g/mol. The van der Waals surface area contributed by atoms with Gasteiger partial charge >= 0.3 is 9.17 Å². The Morgan fingerprint density at radius 3 is 2.47 bits per heavy atom. The summed E-state index contributed by atoms with van der Waals surface area (Å²) in [5, 5.41) is 0. The summed E-state index contributed by atoms with van der Waals surface area (Å²) in [6, 6.07) is 9.68. The van der Waals surface area contributed by atoms with Crippen LogP contribution in [0.15, 0.2) is 30.3 Å². The second kappa shape index (κ2) is 7.36. The number of hydrogen-bond acceptors (Lipinski definition) is 4. The molecule has 1 rings (SSSR count). The minimum Gasteiger partial charge on any atom is -0.488 e. The Labute approximate surface area is 105 Å². The molecule has 0 heterocycles. The Kier molecular flexibility index (Phi) is 6.10. The van der Waals surface area contributed by atoms with E-state index in [0.29, 0.717) is 0 Å². The van der Waals surface area contributed by atoms with Crippen molar-refractivity contribution in [2.75, 3.05) is 0 Å². The smallest absolute Gasteiger partial charge is 0.488 e. The van der Waals surface area contributed by atoms with Crippen LogP contribution in [0, 0.1) is 0 Å². The first kappa shape index (κ1) is 14.1. The Bertz CT molecular complexity index is 343. The van der Waals surface area contributed by atoms with Crippen LogP contribution in [-0.4, -0.2) is 18.2 Å². The van der Waals surface area contributed by atoms with Crippen LogP contribution in [0.1, 0.15) is 25.0 Å². The van der Waals surface area contributed by atoms with Crippen LogP contribution in [0.3, 0.4) is 0 Å². The van der Waals surface area contributed by atoms with Crippen LogP contribution < -0.4 is 0 Å². The zero-order valence-electron chi connectivity index (χ0n) is 10.4. The topological polar surface area (TPSA) is 44.8 Å². The van der Waals surface area contributed by atoms with Crippen LogP contribution in [0.25, 0.3) is 0 Å². The summed E-state index contributed by atoms with van der Waals surface area (Å²) >= 11 is 0. The third-order valence-electron chi connectivity index (χ3n) is 2.09. The maximum Gasteiger partial charge on any atom is 0.800 e. The fraction of sp³-hybridized carbons (Fsp3) is 0.455. The third-order valence-corrected chi connectivity index (χ3v) is 3.47. The summed E-state index contributed by atoms with van der Waals surface area (Å²) in [7, 11) is -3.91. The highest BCUT2D eigenvalue weighted by Gasteiger charge is 2.21. The lowest BCUT2D eigenvalue weighted by molar-refractivity contribution is -0.140. The maximum atomic E-state index is 11.5. The van der Waals surface area contributed by atoms with E-state index in [1.165, 1.54) is 0 Å². The van der Waals surface area contributed by atoms with E-state index in [-0.39, 0.29) is 6.10 Å². The molecule has 17 heavy (non-hydrogen) atoms. The standard InChI is InChI=1S/C11H18O4Si2/c1-4-11(10-8-6-5-7-9-10)13-17(12)15-14-16(2)3/h5-9,11,16H,4H2,1-3H3. The number of rotatable bonds is 7. The quantitative estimate of drug-likeness (QED) is 0.434. The minimum absolute atomic E-state index is 0.208. The van der Waals surface area contributed by atoms with Gasteiger partial charge in [0.2, 0.25) is 9.04 Å². The van der Waals surface area contributed by atoms with Gasteiger partial charge in [-0.2, -0.15) is 0 Å². The molecule has 4 nitrogen and oxygen atoms in total. The Hall–Kier alpha value is -0.986. The fourth-order valence-corrected chi connectivity index (χ4v) is 2.98. The van der Waals surface area contributed by atoms with Gasteiger partial charge in [0.25, 0.3) is 0 Å². The summed E-state index contributed by atoms with van der Waals surface area (Å²) in [5.41, 5.74) is 0.999. The van der Waals surface area contributed by atoms with Crippen LogP contribution in [0.5, 0.6) is 0 Å². The van der Waals surface area contributed by atoms with Crippen molar-refractivity contribution >= 4 is 18.2 Å². The van der Waals surface area contributed by atoms with Crippen LogP contribution in [0.2, 0.25) is 13.1 Å². The largest absolute Gasteiger partial charge is 0.800 e. The Morgan fingerprint density at radius 2 is 1.94 bits per heavy atom. The predicted octanol–water partition coefficient (Wildman–Crippen LogP) is 2.50. The van der Waals surface area contributed by atoms with Crippen molar-refractivity contribution in [3.8, 4) is 0 Å². The molecule has 0 radical (unpaired) electrons. The molecule has 1 atom stereocenters. The molecule has 0 saturated heterocycles. The van der Waals surface area contributed by atoms with Gasteiger partial charge in [0.1, 0.15) is 6.10 Å². The molecule has 94 valence electrons. The van der Waals surface area contributed by atoms with E-state index in [2.05, 4.69) is 0 Å². The normalized spacial score (nSPS) is 12.2. The molecule has 0 aliphatic carbocycles. The Morgan fingerprint density at radius 1 is 1.29 bits per heavy atom. The highest BCUT2D eigenvalue weighted by molar-refractivity contribution is 6.48. The molecule has 0 spiro atoms. The number of benzene rings is 1. The zero-order chi connectivity index (χ0) is 12.7.